The first-order valence-electron chi connectivity index (χ1n) is 6.91. The Bertz CT molecular complexity index is 457. The highest BCUT2D eigenvalue weighted by Gasteiger charge is 2.15. The molecule has 1 N–H and O–H groups in total. The third-order valence-corrected chi connectivity index (χ3v) is 3.62. The number of methoxy groups -OCH3 is 2. The van der Waals surface area contributed by atoms with Crippen molar-refractivity contribution in [1.29, 1.82) is 0 Å². The Balaban J connectivity index is 2.13. The fourth-order valence-electron chi connectivity index (χ4n) is 2.53. The summed E-state index contributed by atoms with van der Waals surface area (Å²) in [7, 11) is 3.22. The van der Waals surface area contributed by atoms with Crippen LogP contribution in [-0.2, 0) is 6.42 Å². The van der Waals surface area contributed by atoms with Crippen LogP contribution in [0, 0.1) is 0 Å². The van der Waals surface area contributed by atoms with Crippen molar-refractivity contribution in [3.05, 3.63) is 23.3 Å². The predicted molar refractivity (Wildman–Crippen MR) is 77.9 cm³/mol. The van der Waals surface area contributed by atoms with E-state index in [1.165, 1.54) is 0 Å². The van der Waals surface area contributed by atoms with Gasteiger partial charge < -0.3 is 19.7 Å². The van der Waals surface area contributed by atoms with E-state index in [0.29, 0.717) is 11.3 Å². The summed E-state index contributed by atoms with van der Waals surface area (Å²) in [5.41, 5.74) is 1.64. The number of rotatable bonds is 6. The van der Waals surface area contributed by atoms with Gasteiger partial charge in [-0.15, -0.1) is 0 Å². The highest BCUT2D eigenvalue weighted by atomic mass is 16.5. The molecule has 1 heterocycles. The second-order valence-corrected chi connectivity index (χ2v) is 4.88. The minimum absolute atomic E-state index is 0.618. The molecule has 1 aliphatic rings. The van der Waals surface area contributed by atoms with Gasteiger partial charge in [0, 0.05) is 38.3 Å². The average Bonchev–Trinajstić information content (AvgIpc) is 2.52. The Kier molecular flexibility index (Phi) is 5.38. The minimum Gasteiger partial charge on any atom is -0.493 e. The van der Waals surface area contributed by atoms with Gasteiger partial charge in [-0.25, -0.2) is 0 Å². The molecule has 0 bridgehead atoms. The van der Waals surface area contributed by atoms with Crippen molar-refractivity contribution in [2.24, 2.45) is 0 Å². The molecule has 1 saturated heterocycles. The van der Waals surface area contributed by atoms with Crippen molar-refractivity contribution in [2.75, 3.05) is 46.9 Å². The molecule has 1 aromatic carbocycles. The molecule has 1 aromatic rings. The van der Waals surface area contributed by atoms with E-state index in [1.54, 1.807) is 20.3 Å². The highest BCUT2D eigenvalue weighted by Crippen LogP contribution is 2.32. The topological polar surface area (TPSA) is 50.8 Å². The second-order valence-electron chi connectivity index (χ2n) is 4.88. The number of hydrogen-bond acceptors (Lipinski definition) is 5. The maximum absolute atomic E-state index is 11.0. The van der Waals surface area contributed by atoms with Gasteiger partial charge in [0.1, 0.15) is 6.29 Å². The summed E-state index contributed by atoms with van der Waals surface area (Å²) in [6.45, 7) is 5.16. The minimum atomic E-state index is 0.618. The molecule has 1 fully saturated rings. The van der Waals surface area contributed by atoms with Crippen LogP contribution in [-0.4, -0.2) is 58.1 Å². The molecular formula is C15H22N2O3. The summed E-state index contributed by atoms with van der Waals surface area (Å²) < 4.78 is 10.7. The highest BCUT2D eigenvalue weighted by molar-refractivity contribution is 5.77. The third-order valence-electron chi connectivity index (χ3n) is 3.62. The van der Waals surface area contributed by atoms with Crippen molar-refractivity contribution in [2.45, 2.75) is 6.42 Å². The van der Waals surface area contributed by atoms with Crippen LogP contribution >= 0.6 is 0 Å². The van der Waals surface area contributed by atoms with E-state index in [2.05, 4.69) is 10.2 Å². The normalized spacial score (nSPS) is 15.9. The first-order valence-corrected chi connectivity index (χ1v) is 6.91. The summed E-state index contributed by atoms with van der Waals surface area (Å²) in [5.74, 6) is 1.35. The molecule has 0 saturated carbocycles. The van der Waals surface area contributed by atoms with Crippen molar-refractivity contribution in [1.82, 2.24) is 10.2 Å². The molecule has 0 spiro atoms. The van der Waals surface area contributed by atoms with E-state index in [1.807, 2.05) is 6.07 Å². The van der Waals surface area contributed by atoms with Gasteiger partial charge in [0.15, 0.2) is 11.5 Å². The third kappa shape index (κ3) is 3.49. The molecule has 0 atom stereocenters. The first-order chi connectivity index (χ1) is 9.78. The Morgan fingerprint density at radius 2 is 2.00 bits per heavy atom. The lowest BCUT2D eigenvalue weighted by atomic mass is 10.1. The molecule has 0 aromatic heterocycles. The lowest BCUT2D eigenvalue weighted by Gasteiger charge is -2.27. The monoisotopic (exact) mass is 278 g/mol. The number of benzene rings is 1. The summed E-state index contributed by atoms with van der Waals surface area (Å²) in [5, 5.41) is 3.34. The molecule has 1 aliphatic heterocycles. The van der Waals surface area contributed by atoms with Crippen LogP contribution in [0.5, 0.6) is 11.5 Å². The molecule has 0 radical (unpaired) electrons. The smallest absolute Gasteiger partial charge is 0.163 e. The van der Waals surface area contributed by atoms with Crippen molar-refractivity contribution >= 4 is 6.29 Å². The Morgan fingerprint density at radius 1 is 1.25 bits per heavy atom. The lowest BCUT2D eigenvalue weighted by molar-refractivity contribution is 0.112. The van der Waals surface area contributed by atoms with Gasteiger partial charge in [0.05, 0.1) is 14.2 Å². The SMILES string of the molecule is COc1cc(C=O)cc(CCN2CCNCC2)c1OC. The molecule has 0 aliphatic carbocycles. The Hall–Kier alpha value is -1.59. The molecule has 0 amide bonds. The summed E-state index contributed by atoms with van der Waals surface area (Å²) >= 11 is 0. The van der Waals surface area contributed by atoms with Crippen molar-refractivity contribution < 1.29 is 14.3 Å². The van der Waals surface area contributed by atoms with Crippen LogP contribution in [0.25, 0.3) is 0 Å². The quantitative estimate of drug-likeness (QED) is 0.786. The zero-order valence-corrected chi connectivity index (χ0v) is 12.1. The van der Waals surface area contributed by atoms with E-state index >= 15 is 0 Å². The van der Waals surface area contributed by atoms with Crippen LogP contribution in [0.4, 0.5) is 0 Å². The van der Waals surface area contributed by atoms with Gasteiger partial charge in [0.25, 0.3) is 0 Å². The van der Waals surface area contributed by atoms with Gasteiger partial charge in [-0.1, -0.05) is 0 Å². The van der Waals surface area contributed by atoms with Gasteiger partial charge in [-0.2, -0.15) is 0 Å². The van der Waals surface area contributed by atoms with Gasteiger partial charge in [0.2, 0.25) is 0 Å². The number of hydrogen-bond donors (Lipinski definition) is 1. The zero-order chi connectivity index (χ0) is 14.4. The second kappa shape index (κ2) is 7.26. The van der Waals surface area contributed by atoms with E-state index < -0.39 is 0 Å². The number of piperazine rings is 1. The van der Waals surface area contributed by atoms with Crippen LogP contribution in [0.1, 0.15) is 15.9 Å². The lowest BCUT2D eigenvalue weighted by Crippen LogP contribution is -2.44. The molecule has 5 heteroatoms. The number of nitrogens with one attached hydrogen (secondary N) is 1. The standard InChI is InChI=1S/C15H22N2O3/c1-19-14-10-12(11-18)9-13(15(14)20-2)3-6-17-7-4-16-5-8-17/h9-11,16H,3-8H2,1-2H3. The van der Waals surface area contributed by atoms with Crippen LogP contribution in [0.15, 0.2) is 12.1 Å². The van der Waals surface area contributed by atoms with Crippen LogP contribution in [0.2, 0.25) is 0 Å². The number of aldehydes is 1. The van der Waals surface area contributed by atoms with E-state index in [0.717, 1.165) is 56.7 Å². The maximum atomic E-state index is 11.0. The van der Waals surface area contributed by atoms with Gasteiger partial charge in [-0.05, 0) is 24.1 Å². The molecule has 2 rings (SSSR count). The van der Waals surface area contributed by atoms with Crippen LogP contribution in [0.3, 0.4) is 0 Å². The average molecular weight is 278 g/mol. The number of carbonyl (C=O) groups excluding carboxylic acids is 1. The molecule has 0 unspecified atom stereocenters. The zero-order valence-electron chi connectivity index (χ0n) is 12.1. The number of nitrogens with zero attached hydrogens (tertiary/aromatic N) is 1. The van der Waals surface area contributed by atoms with Gasteiger partial charge >= 0.3 is 0 Å². The fraction of sp³-hybridized carbons (Fsp3) is 0.533. The molecular weight excluding hydrogens is 256 g/mol. The number of ether oxygens (including phenoxy) is 2. The van der Waals surface area contributed by atoms with E-state index in [9.17, 15) is 4.79 Å². The van der Waals surface area contributed by atoms with E-state index in [-0.39, 0.29) is 0 Å². The van der Waals surface area contributed by atoms with Gasteiger partial charge in [-0.3, -0.25) is 4.79 Å². The summed E-state index contributed by atoms with van der Waals surface area (Å²) in [6.07, 6.45) is 1.69. The first kappa shape index (κ1) is 14.8. The van der Waals surface area contributed by atoms with Crippen molar-refractivity contribution in [3.63, 3.8) is 0 Å². The van der Waals surface area contributed by atoms with Crippen molar-refractivity contribution in [3.8, 4) is 11.5 Å². The summed E-state index contributed by atoms with van der Waals surface area (Å²) in [4.78, 5) is 13.4. The molecule has 20 heavy (non-hydrogen) atoms. The maximum Gasteiger partial charge on any atom is 0.163 e. The Labute approximate surface area is 119 Å². The number of carbonyl (C=O) groups is 1. The summed E-state index contributed by atoms with van der Waals surface area (Å²) in [6, 6.07) is 3.59. The van der Waals surface area contributed by atoms with E-state index in [4.69, 9.17) is 9.47 Å². The molecule has 110 valence electrons. The predicted octanol–water partition coefficient (Wildman–Crippen LogP) is 0.964. The molecule has 5 nitrogen and oxygen atoms in total. The largest absolute Gasteiger partial charge is 0.493 e. The van der Waals surface area contributed by atoms with Crippen LogP contribution < -0.4 is 14.8 Å². The fourth-order valence-corrected chi connectivity index (χ4v) is 2.53. The Morgan fingerprint density at radius 3 is 2.60 bits per heavy atom.